The maximum Gasteiger partial charge on any atom is 0.229 e. The first-order chi connectivity index (χ1) is 12.8. The van der Waals surface area contributed by atoms with E-state index in [0.29, 0.717) is 16.9 Å². The summed E-state index contributed by atoms with van der Waals surface area (Å²) in [6.07, 6.45) is 1.13. The highest BCUT2D eigenvalue weighted by atomic mass is 32.2. The van der Waals surface area contributed by atoms with Crippen LogP contribution in [0.3, 0.4) is 0 Å². The third-order valence-electron chi connectivity index (χ3n) is 3.68. The number of carbonyl (C=O) groups is 1. The summed E-state index contributed by atoms with van der Waals surface area (Å²) < 4.78 is 25.4. The number of nitrogens with zero attached hydrogens (tertiary/aromatic N) is 1. The second-order valence-electron chi connectivity index (χ2n) is 6.13. The lowest BCUT2D eigenvalue weighted by atomic mass is 10.1. The van der Waals surface area contributed by atoms with Crippen LogP contribution in [0.15, 0.2) is 53.9 Å². The molecule has 0 fully saturated rings. The van der Waals surface area contributed by atoms with E-state index < -0.39 is 10.0 Å². The van der Waals surface area contributed by atoms with Crippen LogP contribution >= 0.6 is 11.3 Å². The van der Waals surface area contributed by atoms with Crippen molar-refractivity contribution in [3.63, 3.8) is 0 Å². The Morgan fingerprint density at radius 2 is 1.93 bits per heavy atom. The molecule has 0 aliphatic rings. The molecule has 27 heavy (non-hydrogen) atoms. The number of aromatic nitrogens is 1. The number of para-hydroxylation sites is 1. The number of amides is 1. The Balaban J connectivity index is 1.74. The average Bonchev–Trinajstić information content (AvgIpc) is 3.02. The SMILES string of the molecule is Cc1csc(-c2cccc(NC(=O)Cc3ccccc3NS(C)(=O)=O)c2)n1. The molecule has 0 spiro atoms. The van der Waals surface area contributed by atoms with Crippen LogP contribution in [-0.2, 0) is 21.2 Å². The van der Waals surface area contributed by atoms with Gasteiger partial charge in [0.1, 0.15) is 5.01 Å². The van der Waals surface area contributed by atoms with Crippen molar-refractivity contribution in [1.29, 1.82) is 0 Å². The second kappa shape index (κ2) is 7.89. The molecule has 0 saturated carbocycles. The Morgan fingerprint density at radius 3 is 2.63 bits per heavy atom. The summed E-state index contributed by atoms with van der Waals surface area (Å²) in [5, 5.41) is 5.73. The second-order valence-corrected chi connectivity index (χ2v) is 8.74. The summed E-state index contributed by atoms with van der Waals surface area (Å²) >= 11 is 1.55. The summed E-state index contributed by atoms with van der Waals surface area (Å²) in [4.78, 5) is 16.9. The fourth-order valence-electron chi connectivity index (χ4n) is 2.57. The van der Waals surface area contributed by atoms with E-state index in [2.05, 4.69) is 15.0 Å². The van der Waals surface area contributed by atoms with Gasteiger partial charge in [0.2, 0.25) is 15.9 Å². The lowest BCUT2D eigenvalue weighted by Gasteiger charge is -2.11. The van der Waals surface area contributed by atoms with E-state index in [1.54, 1.807) is 35.6 Å². The van der Waals surface area contributed by atoms with Crippen molar-refractivity contribution < 1.29 is 13.2 Å². The predicted molar refractivity (Wildman–Crippen MR) is 110 cm³/mol. The summed E-state index contributed by atoms with van der Waals surface area (Å²) in [7, 11) is -3.42. The summed E-state index contributed by atoms with van der Waals surface area (Å²) in [6.45, 7) is 1.94. The molecule has 0 radical (unpaired) electrons. The molecule has 8 heteroatoms. The lowest BCUT2D eigenvalue weighted by molar-refractivity contribution is -0.115. The van der Waals surface area contributed by atoms with Crippen LogP contribution in [0.5, 0.6) is 0 Å². The molecule has 0 unspecified atom stereocenters. The Kier molecular flexibility index (Phi) is 5.57. The van der Waals surface area contributed by atoms with Crippen molar-refractivity contribution in [2.75, 3.05) is 16.3 Å². The molecule has 0 aliphatic heterocycles. The number of nitrogens with one attached hydrogen (secondary N) is 2. The fraction of sp³-hybridized carbons (Fsp3) is 0.158. The number of carbonyl (C=O) groups excluding carboxylic acids is 1. The van der Waals surface area contributed by atoms with E-state index in [4.69, 9.17) is 0 Å². The van der Waals surface area contributed by atoms with Crippen molar-refractivity contribution in [3.8, 4) is 10.6 Å². The molecule has 1 heterocycles. The number of hydrogen-bond acceptors (Lipinski definition) is 5. The number of hydrogen-bond donors (Lipinski definition) is 2. The van der Waals surface area contributed by atoms with Gasteiger partial charge in [0, 0.05) is 22.3 Å². The van der Waals surface area contributed by atoms with Crippen molar-refractivity contribution >= 4 is 38.6 Å². The van der Waals surface area contributed by atoms with Gasteiger partial charge in [-0.05, 0) is 30.7 Å². The van der Waals surface area contributed by atoms with Crippen LogP contribution in [0.4, 0.5) is 11.4 Å². The molecule has 2 N–H and O–H groups in total. The van der Waals surface area contributed by atoms with E-state index in [9.17, 15) is 13.2 Å². The molecular formula is C19H19N3O3S2. The van der Waals surface area contributed by atoms with Crippen LogP contribution in [0.1, 0.15) is 11.3 Å². The van der Waals surface area contributed by atoms with Crippen molar-refractivity contribution in [3.05, 3.63) is 65.2 Å². The van der Waals surface area contributed by atoms with Gasteiger partial charge in [0.15, 0.2) is 0 Å². The number of rotatable bonds is 6. The van der Waals surface area contributed by atoms with E-state index in [1.807, 2.05) is 36.6 Å². The molecule has 0 saturated heterocycles. The van der Waals surface area contributed by atoms with E-state index in [-0.39, 0.29) is 12.3 Å². The monoisotopic (exact) mass is 401 g/mol. The Bertz CT molecular complexity index is 1080. The third kappa shape index (κ3) is 5.38. The number of thiazole rings is 1. The lowest BCUT2D eigenvalue weighted by Crippen LogP contribution is -2.17. The zero-order valence-corrected chi connectivity index (χ0v) is 16.5. The van der Waals surface area contributed by atoms with Crippen molar-refractivity contribution in [2.24, 2.45) is 0 Å². The highest BCUT2D eigenvalue weighted by molar-refractivity contribution is 7.92. The molecule has 1 aromatic heterocycles. The smallest absolute Gasteiger partial charge is 0.229 e. The van der Waals surface area contributed by atoms with Gasteiger partial charge in [-0.3, -0.25) is 9.52 Å². The van der Waals surface area contributed by atoms with E-state index >= 15 is 0 Å². The standard InChI is InChI=1S/C19H19N3O3S2/c1-13-12-26-19(20-13)15-7-5-8-16(10-15)21-18(23)11-14-6-3-4-9-17(14)22-27(2,24)25/h3-10,12,22H,11H2,1-2H3,(H,21,23). The molecular weight excluding hydrogens is 382 g/mol. The van der Waals surface area contributed by atoms with Crippen LogP contribution in [0, 0.1) is 6.92 Å². The van der Waals surface area contributed by atoms with Crippen molar-refractivity contribution in [2.45, 2.75) is 13.3 Å². The number of aryl methyl sites for hydroxylation is 1. The first kappa shape index (κ1) is 19.1. The molecule has 0 bridgehead atoms. The number of benzene rings is 2. The average molecular weight is 402 g/mol. The highest BCUT2D eigenvalue weighted by Gasteiger charge is 2.12. The maximum atomic E-state index is 12.5. The summed E-state index contributed by atoms with van der Waals surface area (Å²) in [5.74, 6) is -0.231. The molecule has 2 aromatic carbocycles. The molecule has 1 amide bonds. The minimum absolute atomic E-state index is 0.0548. The van der Waals surface area contributed by atoms with Gasteiger partial charge >= 0.3 is 0 Å². The highest BCUT2D eigenvalue weighted by Crippen LogP contribution is 2.26. The maximum absolute atomic E-state index is 12.5. The Labute approximate surface area is 162 Å². The summed E-state index contributed by atoms with van der Waals surface area (Å²) in [5.41, 5.74) is 3.57. The van der Waals surface area contributed by atoms with Gasteiger partial charge in [0.25, 0.3) is 0 Å². The molecule has 0 atom stereocenters. The van der Waals surface area contributed by atoms with Gasteiger partial charge in [-0.25, -0.2) is 13.4 Å². The Morgan fingerprint density at radius 1 is 1.15 bits per heavy atom. The number of anilines is 2. The van der Waals surface area contributed by atoms with Crippen LogP contribution in [0.25, 0.3) is 10.6 Å². The largest absolute Gasteiger partial charge is 0.326 e. The van der Waals surface area contributed by atoms with Gasteiger partial charge < -0.3 is 5.32 Å². The quantitative estimate of drug-likeness (QED) is 0.660. The minimum Gasteiger partial charge on any atom is -0.326 e. The van der Waals surface area contributed by atoms with E-state index in [1.165, 1.54) is 0 Å². The van der Waals surface area contributed by atoms with Gasteiger partial charge in [-0.1, -0.05) is 30.3 Å². The molecule has 3 rings (SSSR count). The van der Waals surface area contributed by atoms with Gasteiger partial charge in [-0.15, -0.1) is 11.3 Å². The zero-order chi connectivity index (χ0) is 19.4. The normalized spacial score (nSPS) is 11.2. The first-order valence-corrected chi connectivity index (χ1v) is 11.0. The first-order valence-electron chi connectivity index (χ1n) is 8.18. The minimum atomic E-state index is -3.42. The van der Waals surface area contributed by atoms with Crippen LogP contribution in [-0.4, -0.2) is 25.6 Å². The fourth-order valence-corrected chi connectivity index (χ4v) is 3.96. The molecule has 6 nitrogen and oxygen atoms in total. The van der Waals surface area contributed by atoms with Gasteiger partial charge in [-0.2, -0.15) is 0 Å². The van der Waals surface area contributed by atoms with Crippen molar-refractivity contribution in [1.82, 2.24) is 4.98 Å². The molecule has 3 aromatic rings. The molecule has 0 aliphatic carbocycles. The van der Waals surface area contributed by atoms with Crippen LogP contribution < -0.4 is 10.0 Å². The van der Waals surface area contributed by atoms with Crippen LogP contribution in [0.2, 0.25) is 0 Å². The third-order valence-corrected chi connectivity index (χ3v) is 5.28. The Hall–Kier alpha value is -2.71. The zero-order valence-electron chi connectivity index (χ0n) is 14.9. The number of sulfonamides is 1. The van der Waals surface area contributed by atoms with E-state index in [0.717, 1.165) is 22.5 Å². The topological polar surface area (TPSA) is 88.2 Å². The summed E-state index contributed by atoms with van der Waals surface area (Å²) in [6, 6.07) is 14.3. The molecule has 140 valence electrons. The van der Waals surface area contributed by atoms with Gasteiger partial charge in [0.05, 0.1) is 18.4 Å². The predicted octanol–water partition coefficient (Wildman–Crippen LogP) is 3.67.